The van der Waals surface area contributed by atoms with Crippen LogP contribution in [0, 0.1) is 6.92 Å². The SMILES string of the molecule is Cc1ccc(-c2c(O)[nH]c(=O)[nH]c2=O)cc1. The molecule has 5 heteroatoms. The van der Waals surface area contributed by atoms with Gasteiger partial charge in [0.25, 0.3) is 5.56 Å². The number of aryl methyl sites for hydroxylation is 1. The molecular weight excluding hydrogens is 208 g/mol. The van der Waals surface area contributed by atoms with Gasteiger partial charge in [0.1, 0.15) is 5.56 Å². The summed E-state index contributed by atoms with van der Waals surface area (Å²) in [6, 6.07) is 7.05. The number of H-pyrrole nitrogens is 2. The van der Waals surface area contributed by atoms with Gasteiger partial charge in [-0.3, -0.25) is 14.8 Å². The first-order valence-electron chi connectivity index (χ1n) is 4.70. The molecule has 1 heterocycles. The highest BCUT2D eigenvalue weighted by molar-refractivity contribution is 5.67. The molecule has 5 nitrogen and oxygen atoms in total. The van der Waals surface area contributed by atoms with Gasteiger partial charge in [-0.05, 0) is 12.5 Å². The van der Waals surface area contributed by atoms with Crippen molar-refractivity contribution in [2.75, 3.05) is 0 Å². The average molecular weight is 218 g/mol. The van der Waals surface area contributed by atoms with Crippen LogP contribution in [0.1, 0.15) is 5.56 Å². The number of aromatic amines is 2. The number of benzene rings is 1. The van der Waals surface area contributed by atoms with Crippen LogP contribution in [-0.2, 0) is 0 Å². The van der Waals surface area contributed by atoms with E-state index in [9.17, 15) is 14.7 Å². The van der Waals surface area contributed by atoms with E-state index in [-0.39, 0.29) is 5.56 Å². The lowest BCUT2D eigenvalue weighted by atomic mass is 10.1. The molecule has 0 radical (unpaired) electrons. The van der Waals surface area contributed by atoms with Crippen LogP contribution < -0.4 is 11.2 Å². The highest BCUT2D eigenvalue weighted by atomic mass is 16.3. The highest BCUT2D eigenvalue weighted by Gasteiger charge is 2.10. The van der Waals surface area contributed by atoms with Crippen molar-refractivity contribution in [3.8, 4) is 17.0 Å². The summed E-state index contributed by atoms with van der Waals surface area (Å²) < 4.78 is 0. The molecule has 0 amide bonds. The van der Waals surface area contributed by atoms with E-state index < -0.39 is 17.1 Å². The summed E-state index contributed by atoms with van der Waals surface area (Å²) in [6.45, 7) is 1.92. The summed E-state index contributed by atoms with van der Waals surface area (Å²) in [7, 11) is 0. The van der Waals surface area contributed by atoms with E-state index in [4.69, 9.17) is 0 Å². The smallest absolute Gasteiger partial charge is 0.328 e. The van der Waals surface area contributed by atoms with E-state index in [1.54, 1.807) is 12.1 Å². The molecule has 2 rings (SSSR count). The molecule has 0 saturated carbocycles. The van der Waals surface area contributed by atoms with Gasteiger partial charge in [-0.2, -0.15) is 0 Å². The molecule has 0 aliphatic rings. The maximum atomic E-state index is 11.5. The Bertz CT molecular complexity index is 623. The number of rotatable bonds is 1. The average Bonchev–Trinajstić information content (AvgIpc) is 2.19. The van der Waals surface area contributed by atoms with Crippen LogP contribution in [0.3, 0.4) is 0 Å². The summed E-state index contributed by atoms with van der Waals surface area (Å²) in [5.74, 6) is -0.419. The Labute approximate surface area is 90.4 Å². The van der Waals surface area contributed by atoms with E-state index in [1.165, 1.54) is 0 Å². The van der Waals surface area contributed by atoms with Gasteiger partial charge in [0, 0.05) is 0 Å². The standard InChI is InChI=1S/C11H10N2O3/c1-6-2-4-7(5-3-6)8-9(14)12-11(16)13-10(8)15/h2-5H,1H3,(H3,12,13,14,15,16). The predicted molar refractivity (Wildman–Crippen MR) is 59.5 cm³/mol. The van der Waals surface area contributed by atoms with Gasteiger partial charge in [0.2, 0.25) is 5.88 Å². The maximum Gasteiger partial charge on any atom is 0.328 e. The molecular formula is C11H10N2O3. The molecule has 0 bridgehead atoms. The maximum absolute atomic E-state index is 11.5. The molecule has 3 N–H and O–H groups in total. The largest absolute Gasteiger partial charge is 0.494 e. The summed E-state index contributed by atoms with van der Waals surface area (Å²) >= 11 is 0. The topological polar surface area (TPSA) is 85.9 Å². The number of hydrogen-bond acceptors (Lipinski definition) is 3. The second kappa shape index (κ2) is 3.69. The van der Waals surface area contributed by atoms with Crippen molar-refractivity contribution in [3.63, 3.8) is 0 Å². The zero-order chi connectivity index (χ0) is 11.7. The third-order valence-electron chi connectivity index (χ3n) is 2.26. The second-order valence-corrected chi connectivity index (χ2v) is 3.50. The number of aromatic hydroxyl groups is 1. The molecule has 0 spiro atoms. The third kappa shape index (κ3) is 1.75. The van der Waals surface area contributed by atoms with Crippen LogP contribution in [0.4, 0.5) is 0 Å². The summed E-state index contributed by atoms with van der Waals surface area (Å²) in [5, 5.41) is 9.52. The van der Waals surface area contributed by atoms with E-state index in [0.717, 1.165) is 5.56 Å². The minimum atomic E-state index is -0.724. The van der Waals surface area contributed by atoms with Crippen molar-refractivity contribution in [3.05, 3.63) is 50.7 Å². The quantitative estimate of drug-likeness (QED) is 0.660. The van der Waals surface area contributed by atoms with Gasteiger partial charge < -0.3 is 5.11 Å². The first-order valence-corrected chi connectivity index (χ1v) is 4.70. The molecule has 0 fully saturated rings. The molecule has 0 aliphatic carbocycles. The van der Waals surface area contributed by atoms with Crippen LogP contribution in [-0.4, -0.2) is 15.1 Å². The molecule has 82 valence electrons. The lowest BCUT2D eigenvalue weighted by molar-refractivity contribution is 0.451. The van der Waals surface area contributed by atoms with Gasteiger partial charge in [0.05, 0.1) is 0 Å². The minimum Gasteiger partial charge on any atom is -0.494 e. The second-order valence-electron chi connectivity index (χ2n) is 3.50. The molecule has 2 aromatic rings. The lowest BCUT2D eigenvalue weighted by Crippen LogP contribution is -2.23. The fourth-order valence-electron chi connectivity index (χ4n) is 1.46. The van der Waals surface area contributed by atoms with Crippen molar-refractivity contribution < 1.29 is 5.11 Å². The van der Waals surface area contributed by atoms with Crippen molar-refractivity contribution in [1.82, 2.24) is 9.97 Å². The zero-order valence-corrected chi connectivity index (χ0v) is 8.57. The molecule has 0 aliphatic heterocycles. The molecule has 0 saturated heterocycles. The molecule has 0 unspecified atom stereocenters. The zero-order valence-electron chi connectivity index (χ0n) is 8.57. The first-order chi connectivity index (χ1) is 7.58. The van der Waals surface area contributed by atoms with Crippen molar-refractivity contribution in [1.29, 1.82) is 0 Å². The predicted octanol–water partition coefficient (Wildman–Crippen LogP) is 0.744. The van der Waals surface area contributed by atoms with Crippen LogP contribution in [0.5, 0.6) is 5.88 Å². The highest BCUT2D eigenvalue weighted by Crippen LogP contribution is 2.21. The Morgan fingerprint density at radius 2 is 1.69 bits per heavy atom. The fraction of sp³-hybridized carbons (Fsp3) is 0.0909. The van der Waals surface area contributed by atoms with E-state index >= 15 is 0 Å². The van der Waals surface area contributed by atoms with E-state index in [0.29, 0.717) is 5.56 Å². The van der Waals surface area contributed by atoms with Crippen molar-refractivity contribution in [2.24, 2.45) is 0 Å². The fourth-order valence-corrected chi connectivity index (χ4v) is 1.46. The number of hydrogen-bond donors (Lipinski definition) is 3. The first kappa shape index (κ1) is 10.2. The lowest BCUT2D eigenvalue weighted by Gasteiger charge is -2.02. The van der Waals surface area contributed by atoms with Gasteiger partial charge in [0.15, 0.2) is 0 Å². The molecule has 0 atom stereocenters. The number of nitrogens with one attached hydrogen (secondary N) is 2. The van der Waals surface area contributed by atoms with E-state index in [1.807, 2.05) is 19.1 Å². The van der Waals surface area contributed by atoms with Gasteiger partial charge >= 0.3 is 5.69 Å². The Hall–Kier alpha value is -2.30. The monoisotopic (exact) mass is 218 g/mol. The van der Waals surface area contributed by atoms with Gasteiger partial charge in [-0.15, -0.1) is 0 Å². The summed E-state index contributed by atoms with van der Waals surface area (Å²) in [5.41, 5.74) is 0.341. The van der Waals surface area contributed by atoms with Crippen molar-refractivity contribution in [2.45, 2.75) is 6.92 Å². The number of aromatic nitrogens is 2. The van der Waals surface area contributed by atoms with E-state index in [2.05, 4.69) is 9.97 Å². The Morgan fingerprint density at radius 1 is 1.06 bits per heavy atom. The van der Waals surface area contributed by atoms with Gasteiger partial charge in [-0.25, -0.2) is 4.79 Å². The molecule has 1 aromatic carbocycles. The Morgan fingerprint density at radius 3 is 2.25 bits per heavy atom. The normalized spacial score (nSPS) is 10.3. The van der Waals surface area contributed by atoms with Crippen LogP contribution in [0.15, 0.2) is 33.9 Å². The molecule has 1 aromatic heterocycles. The minimum absolute atomic E-state index is 0.0691. The summed E-state index contributed by atoms with van der Waals surface area (Å²) in [4.78, 5) is 26.6. The van der Waals surface area contributed by atoms with Gasteiger partial charge in [-0.1, -0.05) is 29.8 Å². The van der Waals surface area contributed by atoms with Crippen molar-refractivity contribution >= 4 is 0 Å². The van der Waals surface area contributed by atoms with Crippen LogP contribution >= 0.6 is 0 Å². The van der Waals surface area contributed by atoms with Crippen LogP contribution in [0.25, 0.3) is 11.1 Å². The summed E-state index contributed by atoms with van der Waals surface area (Å²) in [6.07, 6.45) is 0. The Balaban J connectivity index is 2.69. The Kier molecular flexibility index (Phi) is 2.36. The molecule has 16 heavy (non-hydrogen) atoms. The van der Waals surface area contributed by atoms with Crippen LogP contribution in [0.2, 0.25) is 0 Å². The third-order valence-corrected chi connectivity index (χ3v) is 2.26.